The van der Waals surface area contributed by atoms with Gasteiger partial charge >= 0.3 is 5.97 Å². The summed E-state index contributed by atoms with van der Waals surface area (Å²) in [4.78, 5) is 11.6. The Balaban J connectivity index is 2.05. The van der Waals surface area contributed by atoms with Crippen molar-refractivity contribution in [2.24, 2.45) is 0 Å². The molecule has 0 aliphatic carbocycles. The van der Waals surface area contributed by atoms with Gasteiger partial charge in [0.15, 0.2) is 11.5 Å². The van der Waals surface area contributed by atoms with Crippen molar-refractivity contribution < 1.29 is 19.4 Å². The van der Waals surface area contributed by atoms with Crippen molar-refractivity contribution in [1.29, 1.82) is 0 Å². The van der Waals surface area contributed by atoms with E-state index in [-0.39, 0.29) is 5.57 Å². The third-order valence-corrected chi connectivity index (χ3v) is 3.63. The fourth-order valence-corrected chi connectivity index (χ4v) is 2.42. The smallest absolute Gasteiger partial charge is 0.336 e. The predicted octanol–water partition coefficient (Wildman–Crippen LogP) is 3.74. The monoisotopic (exact) mass is 316 g/mol. The van der Waals surface area contributed by atoms with Crippen LogP contribution >= 0.6 is 11.6 Å². The number of ether oxygens (including phenoxy) is 2. The van der Waals surface area contributed by atoms with Crippen molar-refractivity contribution in [3.63, 3.8) is 0 Å². The lowest BCUT2D eigenvalue weighted by molar-refractivity contribution is -0.130. The topological polar surface area (TPSA) is 55.8 Å². The number of rotatable bonds is 3. The molecule has 5 heteroatoms. The van der Waals surface area contributed by atoms with Gasteiger partial charge in [-0.25, -0.2) is 4.79 Å². The number of carboxylic acids is 1. The molecule has 2 aromatic rings. The van der Waals surface area contributed by atoms with Crippen LogP contribution in [-0.2, 0) is 4.79 Å². The van der Waals surface area contributed by atoms with E-state index in [1.54, 1.807) is 48.5 Å². The van der Waals surface area contributed by atoms with Crippen LogP contribution in [0, 0.1) is 0 Å². The van der Waals surface area contributed by atoms with Crippen molar-refractivity contribution in [2.75, 3.05) is 13.2 Å². The number of hydrogen-bond acceptors (Lipinski definition) is 3. The van der Waals surface area contributed by atoms with Crippen LogP contribution in [0.2, 0.25) is 5.02 Å². The first kappa shape index (κ1) is 14.5. The van der Waals surface area contributed by atoms with Crippen LogP contribution in [0.1, 0.15) is 11.1 Å². The zero-order valence-corrected chi connectivity index (χ0v) is 12.3. The summed E-state index contributed by atoms with van der Waals surface area (Å²) in [5, 5.41) is 10.00. The van der Waals surface area contributed by atoms with Crippen molar-refractivity contribution in [2.45, 2.75) is 0 Å². The fourth-order valence-electron chi connectivity index (χ4n) is 2.23. The Morgan fingerprint density at radius 3 is 2.55 bits per heavy atom. The highest BCUT2D eigenvalue weighted by Gasteiger charge is 2.17. The molecule has 0 saturated carbocycles. The summed E-state index contributed by atoms with van der Waals surface area (Å²) in [6.45, 7) is 0.945. The van der Waals surface area contributed by atoms with E-state index < -0.39 is 5.97 Å². The Morgan fingerprint density at radius 2 is 1.82 bits per heavy atom. The average molecular weight is 317 g/mol. The molecule has 3 rings (SSSR count). The van der Waals surface area contributed by atoms with E-state index in [1.165, 1.54) is 0 Å². The normalized spacial score (nSPS) is 13.8. The van der Waals surface area contributed by atoms with Gasteiger partial charge in [0.2, 0.25) is 0 Å². The number of benzene rings is 2. The second-order valence-corrected chi connectivity index (χ2v) is 5.15. The fraction of sp³-hybridized carbons (Fsp3) is 0.118. The van der Waals surface area contributed by atoms with E-state index in [0.717, 1.165) is 0 Å². The molecule has 0 saturated heterocycles. The number of fused-ring (bicyclic) bond motifs is 1. The molecule has 0 aromatic heterocycles. The summed E-state index contributed by atoms with van der Waals surface area (Å²) in [7, 11) is 0. The van der Waals surface area contributed by atoms with Crippen molar-refractivity contribution >= 4 is 29.2 Å². The SMILES string of the molecule is O=C(O)/C(=C\c1ccccc1Cl)c1ccc2c(c1)OCCO2. The van der Waals surface area contributed by atoms with Crippen LogP contribution in [0.3, 0.4) is 0 Å². The lowest BCUT2D eigenvalue weighted by Crippen LogP contribution is -2.15. The third-order valence-electron chi connectivity index (χ3n) is 3.29. The molecule has 22 heavy (non-hydrogen) atoms. The van der Waals surface area contributed by atoms with Gasteiger partial charge in [0.1, 0.15) is 13.2 Å². The minimum Gasteiger partial charge on any atom is -0.486 e. The highest BCUT2D eigenvalue weighted by Crippen LogP contribution is 2.34. The number of carboxylic acid groups (broad SMARTS) is 1. The van der Waals surface area contributed by atoms with Gasteiger partial charge in [-0.15, -0.1) is 0 Å². The van der Waals surface area contributed by atoms with Crippen molar-refractivity contribution in [3.05, 3.63) is 58.6 Å². The summed E-state index contributed by atoms with van der Waals surface area (Å²) in [5.74, 6) is 0.143. The number of halogens is 1. The van der Waals surface area contributed by atoms with Gasteiger partial charge in [0.05, 0.1) is 5.57 Å². The van der Waals surface area contributed by atoms with Gasteiger partial charge in [-0.1, -0.05) is 35.9 Å². The maximum atomic E-state index is 11.6. The van der Waals surface area contributed by atoms with Crippen LogP contribution < -0.4 is 9.47 Å². The summed E-state index contributed by atoms with van der Waals surface area (Å²) in [6, 6.07) is 12.2. The number of carbonyl (C=O) groups is 1. The first-order valence-corrected chi connectivity index (χ1v) is 7.12. The van der Waals surface area contributed by atoms with Gasteiger partial charge in [-0.2, -0.15) is 0 Å². The predicted molar refractivity (Wildman–Crippen MR) is 84.4 cm³/mol. The molecule has 2 aromatic carbocycles. The van der Waals surface area contributed by atoms with Gasteiger partial charge in [-0.3, -0.25) is 0 Å². The molecule has 0 unspecified atom stereocenters. The van der Waals surface area contributed by atoms with Gasteiger partial charge in [0.25, 0.3) is 0 Å². The molecule has 0 amide bonds. The minimum atomic E-state index is -1.03. The second-order valence-electron chi connectivity index (χ2n) is 4.74. The molecular weight excluding hydrogens is 304 g/mol. The lowest BCUT2D eigenvalue weighted by Gasteiger charge is -2.19. The third kappa shape index (κ3) is 2.92. The highest BCUT2D eigenvalue weighted by atomic mass is 35.5. The average Bonchev–Trinajstić information content (AvgIpc) is 2.53. The first-order chi connectivity index (χ1) is 10.6. The van der Waals surface area contributed by atoms with E-state index in [4.69, 9.17) is 21.1 Å². The maximum absolute atomic E-state index is 11.6. The van der Waals surface area contributed by atoms with Crippen molar-refractivity contribution in [3.8, 4) is 11.5 Å². The molecular formula is C17H13ClO4. The summed E-state index contributed by atoms with van der Waals surface area (Å²) >= 11 is 6.09. The second kappa shape index (κ2) is 6.12. The summed E-state index contributed by atoms with van der Waals surface area (Å²) in [5.41, 5.74) is 1.33. The Hall–Kier alpha value is -2.46. The molecule has 0 spiro atoms. The van der Waals surface area contributed by atoms with Crippen LogP contribution in [-0.4, -0.2) is 24.3 Å². The maximum Gasteiger partial charge on any atom is 0.336 e. The van der Waals surface area contributed by atoms with Crippen LogP contribution in [0.5, 0.6) is 11.5 Å². The minimum absolute atomic E-state index is 0.144. The van der Waals surface area contributed by atoms with Crippen LogP contribution in [0.15, 0.2) is 42.5 Å². The van der Waals surface area contributed by atoms with Crippen LogP contribution in [0.25, 0.3) is 11.6 Å². The Bertz CT molecular complexity index is 752. The quantitative estimate of drug-likeness (QED) is 0.692. The number of aliphatic carboxylic acids is 1. The highest BCUT2D eigenvalue weighted by molar-refractivity contribution is 6.33. The Labute approximate surface area is 132 Å². The zero-order chi connectivity index (χ0) is 15.5. The zero-order valence-electron chi connectivity index (χ0n) is 11.6. The van der Waals surface area contributed by atoms with E-state index in [9.17, 15) is 9.90 Å². The molecule has 0 radical (unpaired) electrons. The number of hydrogen-bond donors (Lipinski definition) is 1. The molecule has 0 atom stereocenters. The molecule has 1 N–H and O–H groups in total. The standard InChI is InChI=1S/C17H13ClO4/c18-14-4-2-1-3-12(14)9-13(17(19)20)11-5-6-15-16(10-11)22-8-7-21-15/h1-6,9-10H,7-8H2,(H,19,20)/b13-9-. The van der Waals surface area contributed by atoms with Gasteiger partial charge in [-0.05, 0) is 35.4 Å². The Kier molecular flexibility index (Phi) is 4.02. The largest absolute Gasteiger partial charge is 0.486 e. The van der Waals surface area contributed by atoms with Gasteiger partial charge < -0.3 is 14.6 Å². The van der Waals surface area contributed by atoms with E-state index in [0.29, 0.717) is 40.9 Å². The molecule has 0 fully saturated rings. The van der Waals surface area contributed by atoms with E-state index in [2.05, 4.69) is 0 Å². The van der Waals surface area contributed by atoms with Gasteiger partial charge in [0, 0.05) is 5.02 Å². The van der Waals surface area contributed by atoms with E-state index >= 15 is 0 Å². The Morgan fingerprint density at radius 1 is 1.09 bits per heavy atom. The lowest BCUT2D eigenvalue weighted by atomic mass is 10.0. The first-order valence-electron chi connectivity index (χ1n) is 6.75. The van der Waals surface area contributed by atoms with Crippen LogP contribution in [0.4, 0.5) is 0 Å². The summed E-state index contributed by atoms with van der Waals surface area (Å²) in [6.07, 6.45) is 1.55. The van der Waals surface area contributed by atoms with Crippen molar-refractivity contribution in [1.82, 2.24) is 0 Å². The molecule has 0 bridgehead atoms. The molecule has 1 aliphatic heterocycles. The molecule has 4 nitrogen and oxygen atoms in total. The van der Waals surface area contributed by atoms with E-state index in [1.807, 2.05) is 0 Å². The molecule has 112 valence electrons. The molecule has 1 heterocycles. The molecule has 1 aliphatic rings. The summed E-state index contributed by atoms with van der Waals surface area (Å²) < 4.78 is 10.9.